The number of carbonyl (C=O) groups excluding carboxylic acids is 1. The largest absolute Gasteiger partial charge is 0.492 e. The van der Waals surface area contributed by atoms with Gasteiger partial charge in [-0.05, 0) is 43.9 Å². The van der Waals surface area contributed by atoms with Gasteiger partial charge in [-0.25, -0.2) is 4.79 Å². The van der Waals surface area contributed by atoms with Gasteiger partial charge >= 0.3 is 6.09 Å². The van der Waals surface area contributed by atoms with Crippen LogP contribution in [0, 0.1) is 0 Å². The van der Waals surface area contributed by atoms with Crippen molar-refractivity contribution in [2.24, 2.45) is 0 Å². The first kappa shape index (κ1) is 20.1. The number of carbonyl (C=O) groups is 1. The Kier molecular flexibility index (Phi) is 7.30. The summed E-state index contributed by atoms with van der Waals surface area (Å²) in [4.78, 5) is 15.1. The van der Waals surface area contributed by atoms with Crippen molar-refractivity contribution < 1.29 is 14.3 Å². The van der Waals surface area contributed by atoms with Gasteiger partial charge in [0.1, 0.15) is 11.5 Å². The van der Waals surface area contributed by atoms with Crippen LogP contribution in [0.5, 0.6) is 11.5 Å². The molecular formula is C20H25ClN2O3. The number of amides is 1. The van der Waals surface area contributed by atoms with E-state index >= 15 is 0 Å². The van der Waals surface area contributed by atoms with Crippen molar-refractivity contribution in [2.75, 3.05) is 34.8 Å². The van der Waals surface area contributed by atoms with Crippen LogP contribution in [0.3, 0.4) is 0 Å². The highest BCUT2D eigenvalue weighted by Crippen LogP contribution is 2.27. The average molecular weight is 377 g/mol. The monoisotopic (exact) mass is 376 g/mol. The maximum Gasteiger partial charge on any atom is 0.414 e. The zero-order valence-corrected chi connectivity index (χ0v) is 16.4. The van der Waals surface area contributed by atoms with Crippen molar-refractivity contribution in [3.63, 3.8) is 0 Å². The van der Waals surface area contributed by atoms with Crippen LogP contribution in [-0.2, 0) is 0 Å². The number of hydrogen-bond donors (Lipinski definition) is 0. The Bertz CT molecular complexity index is 717. The molecule has 140 valence electrons. The van der Waals surface area contributed by atoms with E-state index in [-0.39, 0.29) is 6.04 Å². The minimum absolute atomic E-state index is 0.177. The molecule has 2 aromatic rings. The first-order valence-electron chi connectivity index (χ1n) is 8.41. The fraction of sp³-hybridized carbons (Fsp3) is 0.350. The Morgan fingerprint density at radius 1 is 1.04 bits per heavy atom. The predicted molar refractivity (Wildman–Crippen MR) is 104 cm³/mol. The summed E-state index contributed by atoms with van der Waals surface area (Å²) in [5, 5.41) is 0.612. The van der Waals surface area contributed by atoms with E-state index in [9.17, 15) is 4.79 Å². The van der Waals surface area contributed by atoms with Gasteiger partial charge in [-0.2, -0.15) is 0 Å². The minimum atomic E-state index is -0.393. The number of para-hydroxylation sites is 1. The lowest BCUT2D eigenvalue weighted by Crippen LogP contribution is -2.25. The predicted octanol–water partition coefficient (Wildman–Crippen LogP) is 4.47. The SMILES string of the molecule is CN(C)C(=O)Oc1ccc(C(CCOc2ccccc2Cl)N(C)C)cc1. The second-order valence-electron chi connectivity index (χ2n) is 6.38. The van der Waals surface area contributed by atoms with Crippen LogP contribution in [0.2, 0.25) is 5.02 Å². The molecule has 26 heavy (non-hydrogen) atoms. The van der Waals surface area contributed by atoms with Gasteiger partial charge in [-0.3, -0.25) is 0 Å². The van der Waals surface area contributed by atoms with Crippen LogP contribution in [-0.4, -0.2) is 50.7 Å². The summed E-state index contributed by atoms with van der Waals surface area (Å²) in [5.41, 5.74) is 1.13. The highest BCUT2D eigenvalue weighted by molar-refractivity contribution is 6.32. The molecule has 0 aliphatic rings. The molecule has 6 heteroatoms. The van der Waals surface area contributed by atoms with Crippen molar-refractivity contribution >= 4 is 17.7 Å². The third kappa shape index (κ3) is 5.64. The summed E-state index contributed by atoms with van der Waals surface area (Å²) in [6.07, 6.45) is 0.407. The van der Waals surface area contributed by atoms with Crippen molar-refractivity contribution in [1.29, 1.82) is 0 Å². The third-order valence-electron chi connectivity index (χ3n) is 3.94. The molecule has 2 rings (SSSR count). The maximum atomic E-state index is 11.6. The van der Waals surface area contributed by atoms with Gasteiger partial charge in [0.15, 0.2) is 0 Å². The summed E-state index contributed by atoms with van der Waals surface area (Å²) >= 11 is 6.12. The molecule has 1 unspecified atom stereocenters. The van der Waals surface area contributed by atoms with Crippen LogP contribution in [0.15, 0.2) is 48.5 Å². The molecule has 0 spiro atoms. The lowest BCUT2D eigenvalue weighted by molar-refractivity contribution is 0.172. The van der Waals surface area contributed by atoms with Gasteiger partial charge in [0, 0.05) is 26.6 Å². The second-order valence-corrected chi connectivity index (χ2v) is 6.79. The molecule has 0 N–H and O–H groups in total. The Labute approximate surface area is 160 Å². The van der Waals surface area contributed by atoms with Crippen LogP contribution in [0.1, 0.15) is 18.0 Å². The number of ether oxygens (including phenoxy) is 2. The van der Waals surface area contributed by atoms with Crippen molar-refractivity contribution in [3.05, 3.63) is 59.1 Å². The second kappa shape index (κ2) is 9.46. The normalized spacial score (nSPS) is 11.9. The van der Waals surface area contributed by atoms with Gasteiger partial charge in [-0.1, -0.05) is 35.9 Å². The number of hydrogen-bond acceptors (Lipinski definition) is 4. The van der Waals surface area contributed by atoms with E-state index in [0.29, 0.717) is 23.1 Å². The smallest absolute Gasteiger partial charge is 0.414 e. The van der Waals surface area contributed by atoms with E-state index in [4.69, 9.17) is 21.1 Å². The minimum Gasteiger partial charge on any atom is -0.492 e. The van der Waals surface area contributed by atoms with E-state index in [1.807, 2.05) is 62.6 Å². The van der Waals surface area contributed by atoms with Gasteiger partial charge in [-0.15, -0.1) is 0 Å². The lowest BCUT2D eigenvalue weighted by atomic mass is 10.0. The summed E-state index contributed by atoms with van der Waals surface area (Å²) in [6, 6.07) is 15.2. The molecule has 0 bridgehead atoms. The molecule has 1 amide bonds. The van der Waals surface area contributed by atoms with E-state index < -0.39 is 6.09 Å². The topological polar surface area (TPSA) is 42.0 Å². The van der Waals surface area contributed by atoms with Gasteiger partial charge < -0.3 is 19.3 Å². The first-order chi connectivity index (χ1) is 12.4. The Morgan fingerprint density at radius 3 is 2.27 bits per heavy atom. The Morgan fingerprint density at radius 2 is 1.69 bits per heavy atom. The molecule has 5 nitrogen and oxygen atoms in total. The third-order valence-corrected chi connectivity index (χ3v) is 4.26. The van der Waals surface area contributed by atoms with Gasteiger partial charge in [0.25, 0.3) is 0 Å². The van der Waals surface area contributed by atoms with Crippen molar-refractivity contribution in [3.8, 4) is 11.5 Å². The van der Waals surface area contributed by atoms with E-state index in [0.717, 1.165) is 12.0 Å². The lowest BCUT2D eigenvalue weighted by Gasteiger charge is -2.25. The zero-order chi connectivity index (χ0) is 19.1. The summed E-state index contributed by atoms with van der Waals surface area (Å²) < 4.78 is 11.1. The zero-order valence-electron chi connectivity index (χ0n) is 15.6. The number of benzene rings is 2. The van der Waals surface area contributed by atoms with Crippen LogP contribution in [0.25, 0.3) is 0 Å². The van der Waals surface area contributed by atoms with E-state index in [2.05, 4.69) is 4.90 Å². The molecule has 0 aliphatic carbocycles. The van der Waals surface area contributed by atoms with Crippen LogP contribution < -0.4 is 9.47 Å². The van der Waals surface area contributed by atoms with Crippen LogP contribution >= 0.6 is 11.6 Å². The van der Waals surface area contributed by atoms with E-state index in [1.165, 1.54) is 4.90 Å². The standard InChI is InChI=1S/C20H25ClN2O3/c1-22(2)18(13-14-25-19-8-6-5-7-17(19)21)15-9-11-16(12-10-15)26-20(24)23(3)4/h5-12,18H,13-14H2,1-4H3. The molecule has 1 atom stereocenters. The molecule has 0 radical (unpaired) electrons. The van der Waals surface area contributed by atoms with Crippen LogP contribution in [0.4, 0.5) is 4.79 Å². The van der Waals surface area contributed by atoms with Gasteiger partial charge in [0.2, 0.25) is 0 Å². The molecular weight excluding hydrogens is 352 g/mol. The fourth-order valence-corrected chi connectivity index (χ4v) is 2.71. The van der Waals surface area contributed by atoms with Crippen molar-refractivity contribution in [2.45, 2.75) is 12.5 Å². The average Bonchev–Trinajstić information content (AvgIpc) is 2.60. The molecule has 0 heterocycles. The number of halogens is 1. The molecule has 0 saturated carbocycles. The summed E-state index contributed by atoms with van der Waals surface area (Å²) in [7, 11) is 7.36. The maximum absolute atomic E-state index is 11.6. The highest BCUT2D eigenvalue weighted by atomic mass is 35.5. The van der Waals surface area contributed by atoms with E-state index in [1.54, 1.807) is 14.1 Å². The van der Waals surface area contributed by atoms with Gasteiger partial charge in [0.05, 0.1) is 11.6 Å². The molecule has 0 aromatic heterocycles. The summed E-state index contributed by atoms with van der Waals surface area (Å²) in [6.45, 7) is 0.546. The summed E-state index contributed by atoms with van der Waals surface area (Å²) in [5.74, 6) is 1.22. The molecule has 0 fully saturated rings. The molecule has 0 aliphatic heterocycles. The highest BCUT2D eigenvalue weighted by Gasteiger charge is 2.15. The molecule has 0 saturated heterocycles. The molecule has 2 aromatic carbocycles. The first-order valence-corrected chi connectivity index (χ1v) is 8.79. The Hall–Kier alpha value is -2.24. The Balaban J connectivity index is 1.98. The number of rotatable bonds is 7. The number of nitrogens with zero attached hydrogens (tertiary/aromatic N) is 2. The quantitative estimate of drug-likeness (QED) is 0.714. The van der Waals surface area contributed by atoms with Crippen molar-refractivity contribution in [1.82, 2.24) is 9.80 Å². The fourth-order valence-electron chi connectivity index (χ4n) is 2.52.